The molecule has 0 aromatic carbocycles. The molecule has 2 aromatic rings. The van der Waals surface area contributed by atoms with E-state index in [1.54, 1.807) is 15.8 Å². The number of hydrogen-bond donors (Lipinski definition) is 0. The van der Waals surface area contributed by atoms with Crippen molar-refractivity contribution in [2.75, 3.05) is 13.1 Å². The van der Waals surface area contributed by atoms with E-state index in [-0.39, 0.29) is 11.5 Å². The molecule has 0 saturated carbocycles. The normalized spacial score (nSPS) is 11.0. The van der Waals surface area contributed by atoms with Crippen LogP contribution in [0.5, 0.6) is 0 Å². The van der Waals surface area contributed by atoms with Gasteiger partial charge in [-0.15, -0.1) is 11.3 Å². The number of amides is 1. The molecule has 0 atom stereocenters. The fourth-order valence-corrected chi connectivity index (χ4v) is 3.53. The molecule has 0 unspecified atom stereocenters. The monoisotopic (exact) mass is 307 g/mol. The predicted octanol–water partition coefficient (Wildman–Crippen LogP) is 2.66. The van der Waals surface area contributed by atoms with Crippen LogP contribution in [0.1, 0.15) is 42.4 Å². The standard InChI is InChI=1S/C15H21N3O2S/c1-5-8-18-9-16-13-11(14(18)19)10(4)12(21-13)15(20)17(6-2)7-3/h9H,5-8H2,1-4H3. The highest BCUT2D eigenvalue weighted by Crippen LogP contribution is 2.27. The summed E-state index contributed by atoms with van der Waals surface area (Å²) in [4.78, 5) is 32.4. The van der Waals surface area contributed by atoms with Crippen molar-refractivity contribution in [3.8, 4) is 0 Å². The molecule has 0 N–H and O–H groups in total. The van der Waals surface area contributed by atoms with E-state index in [2.05, 4.69) is 4.98 Å². The van der Waals surface area contributed by atoms with E-state index in [4.69, 9.17) is 0 Å². The van der Waals surface area contributed by atoms with Crippen molar-refractivity contribution in [3.05, 3.63) is 27.1 Å². The first-order valence-corrected chi connectivity index (χ1v) is 8.14. The van der Waals surface area contributed by atoms with Crippen LogP contribution < -0.4 is 5.56 Å². The number of thiophene rings is 1. The minimum absolute atomic E-state index is 0.0121. The molecule has 1 amide bonds. The van der Waals surface area contributed by atoms with Gasteiger partial charge in [-0.25, -0.2) is 4.98 Å². The van der Waals surface area contributed by atoms with E-state index in [9.17, 15) is 9.59 Å². The first kappa shape index (κ1) is 15.7. The zero-order valence-electron chi connectivity index (χ0n) is 13.0. The van der Waals surface area contributed by atoms with Gasteiger partial charge in [0.25, 0.3) is 11.5 Å². The second-order valence-electron chi connectivity index (χ2n) is 4.96. The number of hydrogen-bond acceptors (Lipinski definition) is 4. The van der Waals surface area contributed by atoms with Gasteiger partial charge in [-0.2, -0.15) is 0 Å². The summed E-state index contributed by atoms with van der Waals surface area (Å²) in [5.74, 6) is -0.0121. The molecule has 2 heterocycles. The maximum Gasteiger partial charge on any atom is 0.264 e. The lowest BCUT2D eigenvalue weighted by atomic mass is 10.2. The fourth-order valence-electron chi connectivity index (χ4n) is 2.42. The molecule has 5 nitrogen and oxygen atoms in total. The van der Waals surface area contributed by atoms with Crippen molar-refractivity contribution >= 4 is 27.5 Å². The number of aryl methyl sites for hydroxylation is 2. The number of fused-ring (bicyclic) bond motifs is 1. The van der Waals surface area contributed by atoms with Gasteiger partial charge in [0.1, 0.15) is 4.83 Å². The minimum atomic E-state index is -0.0470. The van der Waals surface area contributed by atoms with Crippen LogP contribution in [0, 0.1) is 6.92 Å². The van der Waals surface area contributed by atoms with Crippen molar-refractivity contribution < 1.29 is 4.79 Å². The van der Waals surface area contributed by atoms with Gasteiger partial charge in [0.15, 0.2) is 0 Å². The molecule has 6 heteroatoms. The first-order valence-electron chi connectivity index (χ1n) is 7.32. The van der Waals surface area contributed by atoms with E-state index in [0.29, 0.717) is 34.7 Å². The lowest BCUT2D eigenvalue weighted by Gasteiger charge is -2.17. The topological polar surface area (TPSA) is 55.2 Å². The van der Waals surface area contributed by atoms with Gasteiger partial charge in [-0.05, 0) is 32.8 Å². The van der Waals surface area contributed by atoms with Gasteiger partial charge in [0.05, 0.1) is 16.6 Å². The van der Waals surface area contributed by atoms with E-state index < -0.39 is 0 Å². The Bertz CT molecular complexity index is 714. The van der Waals surface area contributed by atoms with Gasteiger partial charge in [0.2, 0.25) is 0 Å². The number of carbonyl (C=O) groups is 1. The van der Waals surface area contributed by atoms with Crippen molar-refractivity contribution in [1.29, 1.82) is 0 Å². The minimum Gasteiger partial charge on any atom is -0.338 e. The summed E-state index contributed by atoms with van der Waals surface area (Å²) in [5, 5.41) is 0.589. The molecule has 0 spiro atoms. The third-order valence-corrected chi connectivity index (χ3v) is 4.81. The summed E-state index contributed by atoms with van der Waals surface area (Å²) in [7, 11) is 0. The van der Waals surface area contributed by atoms with Crippen LogP contribution in [0.15, 0.2) is 11.1 Å². The van der Waals surface area contributed by atoms with Gasteiger partial charge < -0.3 is 4.90 Å². The fraction of sp³-hybridized carbons (Fsp3) is 0.533. The van der Waals surface area contributed by atoms with Crippen LogP contribution >= 0.6 is 11.3 Å². The smallest absolute Gasteiger partial charge is 0.264 e. The van der Waals surface area contributed by atoms with Gasteiger partial charge in [-0.3, -0.25) is 14.2 Å². The molecule has 0 radical (unpaired) electrons. The molecule has 114 valence electrons. The molecular weight excluding hydrogens is 286 g/mol. The average Bonchev–Trinajstić information content (AvgIpc) is 2.81. The van der Waals surface area contributed by atoms with Crippen molar-refractivity contribution in [3.63, 3.8) is 0 Å². The average molecular weight is 307 g/mol. The molecule has 0 fully saturated rings. The highest BCUT2D eigenvalue weighted by Gasteiger charge is 2.22. The van der Waals surface area contributed by atoms with Crippen LogP contribution in [0.2, 0.25) is 0 Å². The summed E-state index contributed by atoms with van der Waals surface area (Å²) in [6, 6.07) is 0. The van der Waals surface area contributed by atoms with Crippen LogP contribution in [-0.2, 0) is 6.54 Å². The number of aromatic nitrogens is 2. The summed E-state index contributed by atoms with van der Waals surface area (Å²) < 4.78 is 1.62. The molecule has 21 heavy (non-hydrogen) atoms. The zero-order valence-corrected chi connectivity index (χ0v) is 13.8. The quantitative estimate of drug-likeness (QED) is 0.853. The molecule has 2 aromatic heterocycles. The summed E-state index contributed by atoms with van der Waals surface area (Å²) >= 11 is 1.32. The number of rotatable bonds is 5. The Morgan fingerprint density at radius 3 is 2.57 bits per heavy atom. The van der Waals surface area contributed by atoms with Crippen LogP contribution in [-0.4, -0.2) is 33.4 Å². The van der Waals surface area contributed by atoms with E-state index in [0.717, 1.165) is 12.0 Å². The van der Waals surface area contributed by atoms with E-state index in [1.165, 1.54) is 11.3 Å². The lowest BCUT2D eigenvalue weighted by molar-refractivity contribution is 0.0777. The number of nitrogens with zero attached hydrogens (tertiary/aromatic N) is 3. The highest BCUT2D eigenvalue weighted by atomic mass is 32.1. The van der Waals surface area contributed by atoms with E-state index in [1.807, 2.05) is 27.7 Å². The molecular formula is C15H21N3O2S. The molecule has 0 aliphatic heterocycles. The Kier molecular flexibility index (Phi) is 4.77. The maximum atomic E-state index is 12.5. The van der Waals surface area contributed by atoms with Crippen molar-refractivity contribution in [2.24, 2.45) is 0 Å². The molecule has 2 rings (SSSR count). The second kappa shape index (κ2) is 6.39. The Labute approximate surface area is 128 Å². The van der Waals surface area contributed by atoms with Gasteiger partial charge in [0, 0.05) is 19.6 Å². The van der Waals surface area contributed by atoms with Crippen LogP contribution in [0.25, 0.3) is 10.2 Å². The third kappa shape index (κ3) is 2.72. The van der Waals surface area contributed by atoms with Crippen LogP contribution in [0.3, 0.4) is 0 Å². The van der Waals surface area contributed by atoms with Crippen LogP contribution in [0.4, 0.5) is 0 Å². The third-order valence-electron chi connectivity index (χ3n) is 3.63. The van der Waals surface area contributed by atoms with Crippen molar-refractivity contribution in [2.45, 2.75) is 40.7 Å². The van der Waals surface area contributed by atoms with Gasteiger partial charge >= 0.3 is 0 Å². The Balaban J connectivity index is 2.59. The highest BCUT2D eigenvalue weighted by molar-refractivity contribution is 7.20. The largest absolute Gasteiger partial charge is 0.338 e. The molecule has 0 aliphatic rings. The first-order chi connectivity index (χ1) is 10.0. The maximum absolute atomic E-state index is 12.5. The molecule has 0 saturated heterocycles. The SMILES string of the molecule is CCCn1cnc2sc(C(=O)N(CC)CC)c(C)c2c1=O. The summed E-state index contributed by atoms with van der Waals surface area (Å²) in [6.07, 6.45) is 2.46. The Morgan fingerprint density at radius 2 is 2.00 bits per heavy atom. The molecule has 0 aliphatic carbocycles. The zero-order chi connectivity index (χ0) is 15.6. The lowest BCUT2D eigenvalue weighted by Crippen LogP contribution is -2.30. The van der Waals surface area contributed by atoms with Gasteiger partial charge in [-0.1, -0.05) is 6.92 Å². The summed E-state index contributed by atoms with van der Waals surface area (Å²) in [5.41, 5.74) is 0.712. The molecule has 0 bridgehead atoms. The summed E-state index contributed by atoms with van der Waals surface area (Å²) in [6.45, 7) is 9.75. The van der Waals surface area contributed by atoms with Crippen molar-refractivity contribution in [1.82, 2.24) is 14.5 Å². The Morgan fingerprint density at radius 1 is 1.33 bits per heavy atom. The number of carbonyl (C=O) groups excluding carboxylic acids is 1. The second-order valence-corrected chi connectivity index (χ2v) is 5.96. The predicted molar refractivity (Wildman–Crippen MR) is 86.2 cm³/mol. The van der Waals surface area contributed by atoms with E-state index >= 15 is 0 Å². The Hall–Kier alpha value is -1.69.